The van der Waals surface area contributed by atoms with Gasteiger partial charge in [0.25, 0.3) is 10.0 Å². The zero-order valence-corrected chi connectivity index (χ0v) is 12.4. The van der Waals surface area contributed by atoms with Gasteiger partial charge >= 0.3 is 0 Å². The van der Waals surface area contributed by atoms with E-state index >= 15 is 0 Å². The first-order valence-electron chi connectivity index (χ1n) is 5.81. The standard InChI is InChI=1S/C11H16N4O2S2/c1-3-12-5-9-4-11(18-8-9)19(16,17)14-10-6-13-15(2)7-10/h4,6-8,12,14H,3,5H2,1-2H3. The van der Waals surface area contributed by atoms with Crippen molar-refractivity contribution in [1.29, 1.82) is 0 Å². The third kappa shape index (κ3) is 3.55. The molecule has 19 heavy (non-hydrogen) atoms. The SMILES string of the molecule is CCNCc1csc(S(=O)(=O)Nc2cnn(C)c2)c1. The number of hydrogen-bond acceptors (Lipinski definition) is 5. The van der Waals surface area contributed by atoms with E-state index in [2.05, 4.69) is 15.1 Å². The summed E-state index contributed by atoms with van der Waals surface area (Å²) in [6.07, 6.45) is 3.09. The first kappa shape index (κ1) is 14.0. The first-order chi connectivity index (χ1) is 9.01. The number of thiophene rings is 1. The summed E-state index contributed by atoms with van der Waals surface area (Å²) in [5.41, 5.74) is 1.43. The maximum atomic E-state index is 12.1. The van der Waals surface area contributed by atoms with Crippen LogP contribution in [-0.2, 0) is 23.6 Å². The molecule has 0 atom stereocenters. The second-order valence-electron chi connectivity index (χ2n) is 4.06. The fraction of sp³-hybridized carbons (Fsp3) is 0.364. The molecule has 0 saturated carbocycles. The second kappa shape index (κ2) is 5.72. The van der Waals surface area contributed by atoms with Crippen LogP contribution in [0.4, 0.5) is 5.69 Å². The molecular formula is C11H16N4O2S2. The Labute approximate surface area is 116 Å². The summed E-state index contributed by atoms with van der Waals surface area (Å²) in [5, 5.41) is 8.93. The van der Waals surface area contributed by atoms with E-state index in [0.29, 0.717) is 16.4 Å². The number of aryl methyl sites for hydroxylation is 1. The van der Waals surface area contributed by atoms with Gasteiger partial charge in [-0.2, -0.15) is 5.10 Å². The van der Waals surface area contributed by atoms with E-state index in [1.54, 1.807) is 24.0 Å². The Morgan fingerprint density at radius 3 is 2.89 bits per heavy atom. The normalized spacial score (nSPS) is 11.7. The Kier molecular flexibility index (Phi) is 4.23. The van der Waals surface area contributed by atoms with Crippen LogP contribution < -0.4 is 10.0 Å². The third-order valence-electron chi connectivity index (χ3n) is 2.43. The quantitative estimate of drug-likeness (QED) is 0.845. The topological polar surface area (TPSA) is 76.0 Å². The molecule has 8 heteroatoms. The van der Waals surface area contributed by atoms with Crippen molar-refractivity contribution in [2.45, 2.75) is 17.7 Å². The molecule has 104 valence electrons. The van der Waals surface area contributed by atoms with Gasteiger partial charge in [0.2, 0.25) is 0 Å². The molecule has 0 amide bonds. The smallest absolute Gasteiger partial charge is 0.271 e. The molecule has 0 aliphatic carbocycles. The summed E-state index contributed by atoms with van der Waals surface area (Å²) >= 11 is 1.22. The summed E-state index contributed by atoms with van der Waals surface area (Å²) in [5.74, 6) is 0. The highest BCUT2D eigenvalue weighted by Gasteiger charge is 2.17. The number of nitrogens with one attached hydrogen (secondary N) is 2. The van der Waals surface area contributed by atoms with Crippen molar-refractivity contribution in [1.82, 2.24) is 15.1 Å². The van der Waals surface area contributed by atoms with Crippen molar-refractivity contribution in [2.24, 2.45) is 7.05 Å². The van der Waals surface area contributed by atoms with Crippen LogP contribution in [0.15, 0.2) is 28.0 Å². The van der Waals surface area contributed by atoms with Crippen LogP contribution in [0.1, 0.15) is 12.5 Å². The number of rotatable bonds is 6. The minimum Gasteiger partial charge on any atom is -0.313 e. The van der Waals surface area contributed by atoms with Crippen molar-refractivity contribution in [2.75, 3.05) is 11.3 Å². The monoisotopic (exact) mass is 300 g/mol. The highest BCUT2D eigenvalue weighted by molar-refractivity contribution is 7.94. The van der Waals surface area contributed by atoms with E-state index in [4.69, 9.17) is 0 Å². The number of aromatic nitrogens is 2. The molecule has 6 nitrogen and oxygen atoms in total. The van der Waals surface area contributed by atoms with E-state index in [-0.39, 0.29) is 0 Å². The summed E-state index contributed by atoms with van der Waals surface area (Å²) in [6, 6.07) is 1.69. The molecule has 0 spiro atoms. The Balaban J connectivity index is 2.13. The van der Waals surface area contributed by atoms with Crippen LogP contribution in [0.2, 0.25) is 0 Å². The third-order valence-corrected chi connectivity index (χ3v) is 5.30. The zero-order valence-electron chi connectivity index (χ0n) is 10.8. The Morgan fingerprint density at radius 2 is 2.26 bits per heavy atom. The van der Waals surface area contributed by atoms with Crippen LogP contribution >= 0.6 is 11.3 Å². The van der Waals surface area contributed by atoms with Crippen LogP contribution in [0.3, 0.4) is 0 Å². The van der Waals surface area contributed by atoms with Gasteiger partial charge in [-0.05, 0) is 23.6 Å². The van der Waals surface area contributed by atoms with E-state index in [1.807, 2.05) is 12.3 Å². The summed E-state index contributed by atoms with van der Waals surface area (Å²) in [6.45, 7) is 3.54. The fourth-order valence-electron chi connectivity index (χ4n) is 1.54. The summed E-state index contributed by atoms with van der Waals surface area (Å²) in [7, 11) is -1.78. The number of nitrogens with zero attached hydrogens (tertiary/aromatic N) is 2. The van der Waals surface area contributed by atoms with Crippen LogP contribution in [-0.4, -0.2) is 24.7 Å². The summed E-state index contributed by atoms with van der Waals surface area (Å²) < 4.78 is 28.6. The van der Waals surface area contributed by atoms with Gasteiger partial charge < -0.3 is 5.32 Å². The minimum absolute atomic E-state index is 0.309. The van der Waals surface area contributed by atoms with Crippen molar-refractivity contribution in [3.05, 3.63) is 29.4 Å². The predicted molar refractivity (Wildman–Crippen MR) is 75.7 cm³/mol. The van der Waals surface area contributed by atoms with Gasteiger partial charge in [-0.3, -0.25) is 9.40 Å². The molecular weight excluding hydrogens is 284 g/mol. The van der Waals surface area contributed by atoms with E-state index < -0.39 is 10.0 Å². The lowest BCUT2D eigenvalue weighted by atomic mass is 10.3. The van der Waals surface area contributed by atoms with Gasteiger partial charge in [-0.25, -0.2) is 8.42 Å². The maximum absolute atomic E-state index is 12.1. The molecule has 2 aromatic rings. The molecule has 2 heterocycles. The van der Waals surface area contributed by atoms with Crippen molar-refractivity contribution in [3.8, 4) is 0 Å². The Bertz CT molecular complexity index is 645. The van der Waals surface area contributed by atoms with Crippen LogP contribution in [0.25, 0.3) is 0 Å². The molecule has 0 aromatic carbocycles. The van der Waals surface area contributed by atoms with Gasteiger partial charge in [0.1, 0.15) is 4.21 Å². The number of hydrogen-bond donors (Lipinski definition) is 2. The van der Waals surface area contributed by atoms with Crippen LogP contribution in [0, 0.1) is 0 Å². The van der Waals surface area contributed by atoms with Gasteiger partial charge in [0.15, 0.2) is 0 Å². The first-order valence-corrected chi connectivity index (χ1v) is 8.17. The molecule has 0 unspecified atom stereocenters. The molecule has 0 fully saturated rings. The van der Waals surface area contributed by atoms with Gasteiger partial charge in [-0.15, -0.1) is 11.3 Å². The summed E-state index contributed by atoms with van der Waals surface area (Å²) in [4.78, 5) is 0. The van der Waals surface area contributed by atoms with Gasteiger partial charge in [0, 0.05) is 19.8 Å². The lowest BCUT2D eigenvalue weighted by Crippen LogP contribution is -2.12. The highest BCUT2D eigenvalue weighted by atomic mass is 32.2. The fourth-order valence-corrected chi connectivity index (χ4v) is 3.77. The number of sulfonamides is 1. The lowest BCUT2D eigenvalue weighted by molar-refractivity contribution is 0.603. The molecule has 2 N–H and O–H groups in total. The average molecular weight is 300 g/mol. The van der Waals surface area contributed by atoms with Crippen molar-refractivity contribution < 1.29 is 8.42 Å². The molecule has 2 aromatic heterocycles. The second-order valence-corrected chi connectivity index (χ2v) is 6.88. The van der Waals surface area contributed by atoms with E-state index in [9.17, 15) is 8.42 Å². The van der Waals surface area contributed by atoms with E-state index in [1.165, 1.54) is 17.5 Å². The maximum Gasteiger partial charge on any atom is 0.271 e. The van der Waals surface area contributed by atoms with Gasteiger partial charge in [0.05, 0.1) is 11.9 Å². The van der Waals surface area contributed by atoms with Crippen molar-refractivity contribution >= 4 is 27.0 Å². The lowest BCUT2D eigenvalue weighted by Gasteiger charge is -2.02. The minimum atomic E-state index is -3.52. The van der Waals surface area contributed by atoms with E-state index in [0.717, 1.165) is 12.1 Å². The van der Waals surface area contributed by atoms with Crippen molar-refractivity contribution in [3.63, 3.8) is 0 Å². The molecule has 0 saturated heterocycles. The Hall–Kier alpha value is -1.38. The Morgan fingerprint density at radius 1 is 1.47 bits per heavy atom. The van der Waals surface area contributed by atoms with Gasteiger partial charge in [-0.1, -0.05) is 6.92 Å². The largest absolute Gasteiger partial charge is 0.313 e. The molecule has 2 rings (SSSR count). The van der Waals surface area contributed by atoms with Crippen LogP contribution in [0.5, 0.6) is 0 Å². The zero-order chi connectivity index (χ0) is 13.9. The predicted octanol–water partition coefficient (Wildman–Crippen LogP) is 1.39. The molecule has 0 aliphatic heterocycles. The highest BCUT2D eigenvalue weighted by Crippen LogP contribution is 2.22. The molecule has 0 radical (unpaired) electrons. The molecule has 0 bridgehead atoms. The average Bonchev–Trinajstić information content (AvgIpc) is 2.95. The number of anilines is 1. The molecule has 0 aliphatic rings.